The molecule has 0 saturated heterocycles. The fourth-order valence-electron chi connectivity index (χ4n) is 2.30. The average Bonchev–Trinajstić information content (AvgIpc) is 3.00. The molecule has 1 aliphatic heterocycles. The molecule has 0 fully saturated rings. The van der Waals surface area contributed by atoms with Crippen LogP contribution in [-0.4, -0.2) is 22.3 Å². The minimum Gasteiger partial charge on any atom is -0.495 e. The molecule has 6 nitrogen and oxygen atoms in total. The fraction of sp³-hybridized carbons (Fsp3) is 0.250. The summed E-state index contributed by atoms with van der Waals surface area (Å²) in [5, 5.41) is 0. The number of benzene rings is 2. The Kier molecular flexibility index (Phi) is 4.14. The highest BCUT2D eigenvalue weighted by Crippen LogP contribution is 2.32. The summed E-state index contributed by atoms with van der Waals surface area (Å²) in [6.07, 6.45) is 0. The van der Waals surface area contributed by atoms with E-state index < -0.39 is 10.0 Å². The van der Waals surface area contributed by atoms with Gasteiger partial charge in [0, 0.05) is 6.54 Å². The summed E-state index contributed by atoms with van der Waals surface area (Å²) < 4.78 is 43.2. The Hall–Kier alpha value is -2.25. The van der Waals surface area contributed by atoms with Crippen molar-refractivity contribution in [1.82, 2.24) is 4.72 Å². The second kappa shape index (κ2) is 6.10. The van der Waals surface area contributed by atoms with Crippen molar-refractivity contribution < 1.29 is 22.6 Å². The van der Waals surface area contributed by atoms with Crippen LogP contribution in [0.25, 0.3) is 0 Å². The van der Waals surface area contributed by atoms with Gasteiger partial charge in [0.1, 0.15) is 10.6 Å². The minimum absolute atomic E-state index is 0.117. The first-order valence-electron chi connectivity index (χ1n) is 7.02. The Morgan fingerprint density at radius 1 is 1.13 bits per heavy atom. The lowest BCUT2D eigenvalue weighted by Gasteiger charge is -2.11. The van der Waals surface area contributed by atoms with Crippen LogP contribution >= 0.6 is 0 Å². The van der Waals surface area contributed by atoms with Gasteiger partial charge in [-0.25, -0.2) is 13.1 Å². The van der Waals surface area contributed by atoms with E-state index in [0.29, 0.717) is 17.2 Å². The van der Waals surface area contributed by atoms with Gasteiger partial charge in [0.2, 0.25) is 16.8 Å². The van der Waals surface area contributed by atoms with Gasteiger partial charge in [-0.2, -0.15) is 0 Å². The maximum absolute atomic E-state index is 12.5. The molecular weight excluding hydrogens is 318 g/mol. The molecule has 1 N–H and O–H groups in total. The molecule has 122 valence electrons. The van der Waals surface area contributed by atoms with E-state index in [-0.39, 0.29) is 18.2 Å². The van der Waals surface area contributed by atoms with Crippen molar-refractivity contribution in [3.05, 3.63) is 47.5 Å². The first-order chi connectivity index (χ1) is 11.0. The zero-order chi connectivity index (χ0) is 16.4. The second-order valence-electron chi connectivity index (χ2n) is 5.17. The van der Waals surface area contributed by atoms with E-state index in [2.05, 4.69) is 4.72 Å². The Morgan fingerprint density at radius 2 is 1.91 bits per heavy atom. The number of aryl methyl sites for hydroxylation is 1. The molecule has 0 unspecified atom stereocenters. The summed E-state index contributed by atoms with van der Waals surface area (Å²) in [4.78, 5) is 0.117. The van der Waals surface area contributed by atoms with Crippen LogP contribution in [0, 0.1) is 6.92 Å². The summed E-state index contributed by atoms with van der Waals surface area (Å²) in [5.74, 6) is 1.61. The maximum Gasteiger partial charge on any atom is 0.244 e. The van der Waals surface area contributed by atoms with Crippen molar-refractivity contribution in [2.75, 3.05) is 13.9 Å². The number of rotatable bonds is 5. The molecule has 23 heavy (non-hydrogen) atoms. The van der Waals surface area contributed by atoms with Crippen LogP contribution in [0.4, 0.5) is 0 Å². The van der Waals surface area contributed by atoms with Crippen molar-refractivity contribution in [3.63, 3.8) is 0 Å². The highest BCUT2D eigenvalue weighted by atomic mass is 32.2. The van der Waals surface area contributed by atoms with Gasteiger partial charge in [-0.1, -0.05) is 12.1 Å². The largest absolute Gasteiger partial charge is 0.495 e. The first-order valence-corrected chi connectivity index (χ1v) is 8.51. The molecule has 0 saturated carbocycles. The number of ether oxygens (including phenoxy) is 3. The Bertz CT molecular complexity index is 832. The van der Waals surface area contributed by atoms with Gasteiger partial charge in [0.05, 0.1) is 7.11 Å². The monoisotopic (exact) mass is 335 g/mol. The van der Waals surface area contributed by atoms with Gasteiger partial charge >= 0.3 is 0 Å². The predicted molar refractivity (Wildman–Crippen MR) is 84.3 cm³/mol. The molecule has 2 aromatic carbocycles. The van der Waals surface area contributed by atoms with Crippen LogP contribution < -0.4 is 18.9 Å². The van der Waals surface area contributed by atoms with Crippen LogP contribution in [0.2, 0.25) is 0 Å². The Labute approximate surface area is 135 Å². The van der Waals surface area contributed by atoms with Gasteiger partial charge in [0.25, 0.3) is 0 Å². The summed E-state index contributed by atoms with van der Waals surface area (Å²) in [5.41, 5.74) is 1.71. The maximum atomic E-state index is 12.5. The quantitative estimate of drug-likeness (QED) is 0.907. The number of hydrogen-bond acceptors (Lipinski definition) is 5. The zero-order valence-corrected chi connectivity index (χ0v) is 13.6. The Morgan fingerprint density at radius 3 is 2.70 bits per heavy atom. The van der Waals surface area contributed by atoms with E-state index in [1.54, 1.807) is 30.3 Å². The molecule has 1 heterocycles. The van der Waals surface area contributed by atoms with Crippen molar-refractivity contribution in [1.29, 1.82) is 0 Å². The Balaban J connectivity index is 1.79. The second-order valence-corrected chi connectivity index (χ2v) is 6.90. The average molecular weight is 335 g/mol. The lowest BCUT2D eigenvalue weighted by atomic mass is 10.2. The summed E-state index contributed by atoms with van der Waals surface area (Å²) >= 11 is 0. The van der Waals surface area contributed by atoms with Gasteiger partial charge in [-0.3, -0.25) is 0 Å². The van der Waals surface area contributed by atoms with Crippen molar-refractivity contribution in [3.8, 4) is 17.2 Å². The lowest BCUT2D eigenvalue weighted by Crippen LogP contribution is -2.23. The van der Waals surface area contributed by atoms with E-state index in [1.165, 1.54) is 13.2 Å². The van der Waals surface area contributed by atoms with Gasteiger partial charge < -0.3 is 14.2 Å². The lowest BCUT2D eigenvalue weighted by molar-refractivity contribution is 0.174. The van der Waals surface area contributed by atoms with Gasteiger partial charge in [-0.05, 0) is 42.3 Å². The number of fused-ring (bicyclic) bond motifs is 1. The minimum atomic E-state index is -3.68. The first kappa shape index (κ1) is 15.6. The zero-order valence-electron chi connectivity index (χ0n) is 12.8. The van der Waals surface area contributed by atoms with E-state index in [9.17, 15) is 8.42 Å². The van der Waals surface area contributed by atoms with Crippen LogP contribution in [0.15, 0.2) is 41.3 Å². The summed E-state index contributed by atoms with van der Waals surface area (Å²) in [6, 6.07) is 10.3. The number of methoxy groups -OCH3 is 1. The normalized spacial score (nSPS) is 13.1. The molecule has 0 atom stereocenters. The number of sulfonamides is 1. The van der Waals surface area contributed by atoms with E-state index in [1.807, 2.05) is 6.92 Å². The summed E-state index contributed by atoms with van der Waals surface area (Å²) in [6.45, 7) is 2.21. The number of nitrogens with one attached hydrogen (secondary N) is 1. The standard InChI is InChI=1S/C16H17NO5S/c1-11-3-6-16(15(7-11)20-2)23(18,19)17-9-12-4-5-13-14(8-12)22-10-21-13/h3-8,17H,9-10H2,1-2H3. The van der Waals surface area contributed by atoms with Gasteiger partial charge in [0.15, 0.2) is 11.5 Å². The van der Waals surface area contributed by atoms with Gasteiger partial charge in [-0.15, -0.1) is 0 Å². The number of hydrogen-bond donors (Lipinski definition) is 1. The SMILES string of the molecule is COc1cc(C)ccc1S(=O)(=O)NCc1ccc2c(c1)OCO2. The molecule has 0 amide bonds. The molecule has 7 heteroatoms. The third kappa shape index (κ3) is 3.25. The highest BCUT2D eigenvalue weighted by Gasteiger charge is 2.20. The van der Waals surface area contributed by atoms with E-state index >= 15 is 0 Å². The molecule has 0 aliphatic carbocycles. The van der Waals surface area contributed by atoms with Crippen LogP contribution in [0.1, 0.15) is 11.1 Å². The topological polar surface area (TPSA) is 73.9 Å². The molecule has 0 radical (unpaired) electrons. The molecule has 0 spiro atoms. The summed E-state index contributed by atoms with van der Waals surface area (Å²) in [7, 11) is -2.23. The smallest absolute Gasteiger partial charge is 0.244 e. The molecule has 0 bridgehead atoms. The molecule has 3 rings (SSSR count). The van der Waals surface area contributed by atoms with Crippen LogP contribution in [0.5, 0.6) is 17.2 Å². The van der Waals surface area contributed by atoms with Crippen LogP contribution in [0.3, 0.4) is 0 Å². The van der Waals surface area contributed by atoms with Crippen molar-refractivity contribution in [2.45, 2.75) is 18.4 Å². The van der Waals surface area contributed by atoms with E-state index in [0.717, 1.165) is 11.1 Å². The highest BCUT2D eigenvalue weighted by molar-refractivity contribution is 7.89. The molecule has 1 aliphatic rings. The van der Waals surface area contributed by atoms with Crippen LogP contribution in [-0.2, 0) is 16.6 Å². The third-order valence-electron chi connectivity index (χ3n) is 3.51. The predicted octanol–water partition coefficient (Wildman–Crippen LogP) is 2.21. The fourth-order valence-corrected chi connectivity index (χ4v) is 3.47. The van der Waals surface area contributed by atoms with E-state index in [4.69, 9.17) is 14.2 Å². The molecule has 0 aromatic heterocycles. The molecular formula is C16H17NO5S. The van der Waals surface area contributed by atoms with Crippen molar-refractivity contribution >= 4 is 10.0 Å². The molecule has 2 aromatic rings. The van der Waals surface area contributed by atoms with Crippen molar-refractivity contribution in [2.24, 2.45) is 0 Å². The third-order valence-corrected chi connectivity index (χ3v) is 4.95.